The number of anilines is 3. The highest BCUT2D eigenvalue weighted by molar-refractivity contribution is 5.71. The van der Waals surface area contributed by atoms with Gasteiger partial charge in [0.2, 0.25) is 0 Å². The lowest BCUT2D eigenvalue weighted by atomic mass is 10.0. The van der Waals surface area contributed by atoms with Gasteiger partial charge < -0.3 is 35.4 Å². The number of benzene rings is 1. The molecule has 1 aliphatic heterocycles. The third-order valence-corrected chi connectivity index (χ3v) is 5.16. The molecule has 10 nitrogen and oxygen atoms in total. The van der Waals surface area contributed by atoms with Crippen molar-refractivity contribution in [1.29, 1.82) is 0 Å². The Morgan fingerprint density at radius 3 is 2.91 bits per heavy atom. The van der Waals surface area contributed by atoms with Crippen molar-refractivity contribution in [2.24, 2.45) is 0 Å². The van der Waals surface area contributed by atoms with E-state index in [-0.39, 0.29) is 5.92 Å². The minimum atomic E-state index is -1.05. The molecule has 0 radical (unpaired) electrons. The van der Waals surface area contributed by atoms with Crippen LogP contribution >= 0.6 is 0 Å². The molecular formula is C22H32N6O4. The summed E-state index contributed by atoms with van der Waals surface area (Å²) in [6.07, 6.45) is 2.62. The Morgan fingerprint density at radius 1 is 1.31 bits per heavy atom. The van der Waals surface area contributed by atoms with Crippen molar-refractivity contribution in [3.8, 4) is 11.5 Å². The van der Waals surface area contributed by atoms with E-state index in [4.69, 9.17) is 14.6 Å². The van der Waals surface area contributed by atoms with Crippen LogP contribution in [0.25, 0.3) is 0 Å². The number of fused-ring (bicyclic) bond motifs is 1. The molecule has 0 saturated heterocycles. The first-order valence-electron chi connectivity index (χ1n) is 10.8. The molecule has 1 unspecified atom stereocenters. The fraction of sp³-hybridized carbons (Fsp3) is 0.500. The topological polar surface area (TPSA) is 121 Å². The van der Waals surface area contributed by atoms with Gasteiger partial charge in [0.1, 0.15) is 18.0 Å². The van der Waals surface area contributed by atoms with Gasteiger partial charge in [-0.15, -0.1) is 0 Å². The molecule has 10 heteroatoms. The summed E-state index contributed by atoms with van der Waals surface area (Å²) in [5.74, 6) is 1.62. The largest absolute Gasteiger partial charge is 0.490 e. The fourth-order valence-corrected chi connectivity index (χ4v) is 3.74. The van der Waals surface area contributed by atoms with Crippen molar-refractivity contribution in [3.05, 3.63) is 30.1 Å². The van der Waals surface area contributed by atoms with E-state index in [9.17, 15) is 4.79 Å². The lowest BCUT2D eigenvalue weighted by Crippen LogP contribution is -2.28. The molecule has 2 aromatic rings. The molecule has 2 heterocycles. The van der Waals surface area contributed by atoms with Crippen molar-refractivity contribution in [2.75, 3.05) is 64.1 Å². The van der Waals surface area contributed by atoms with Gasteiger partial charge in [-0.1, -0.05) is 0 Å². The monoisotopic (exact) mass is 444 g/mol. The summed E-state index contributed by atoms with van der Waals surface area (Å²) in [6, 6.07) is 5.34. The average molecular weight is 445 g/mol. The van der Waals surface area contributed by atoms with Gasteiger partial charge in [0.15, 0.2) is 18.1 Å². The number of rotatable bonds is 13. The smallest absolute Gasteiger partial charge is 0.341 e. The molecule has 174 valence electrons. The van der Waals surface area contributed by atoms with Gasteiger partial charge in [-0.25, -0.2) is 14.8 Å². The van der Waals surface area contributed by atoms with E-state index in [2.05, 4.69) is 37.9 Å². The second-order valence-electron chi connectivity index (χ2n) is 7.68. The van der Waals surface area contributed by atoms with Crippen LogP contribution in [0.4, 0.5) is 17.3 Å². The van der Waals surface area contributed by atoms with E-state index in [0.717, 1.165) is 55.5 Å². The molecule has 0 fully saturated rings. The second kappa shape index (κ2) is 11.5. The normalized spacial score (nSPS) is 14.7. The maximum absolute atomic E-state index is 10.9. The number of hydrogen-bond acceptors (Lipinski definition) is 9. The number of nitrogens with one attached hydrogen (secondary N) is 3. The highest BCUT2D eigenvalue weighted by Gasteiger charge is 2.28. The minimum Gasteiger partial charge on any atom is -0.490 e. The van der Waals surface area contributed by atoms with Gasteiger partial charge in [-0.2, -0.15) is 0 Å². The quantitative estimate of drug-likeness (QED) is 0.342. The third kappa shape index (κ3) is 6.21. The summed E-state index contributed by atoms with van der Waals surface area (Å²) in [6.45, 7) is 5.55. The Labute approximate surface area is 188 Å². The van der Waals surface area contributed by atoms with Crippen molar-refractivity contribution in [2.45, 2.75) is 19.3 Å². The summed E-state index contributed by atoms with van der Waals surface area (Å²) in [5, 5.41) is 18.9. The van der Waals surface area contributed by atoms with Crippen molar-refractivity contribution >= 4 is 23.3 Å². The Bertz CT molecular complexity index is 910. The van der Waals surface area contributed by atoms with Gasteiger partial charge in [0.25, 0.3) is 0 Å². The zero-order valence-electron chi connectivity index (χ0n) is 18.9. The van der Waals surface area contributed by atoms with Crippen molar-refractivity contribution in [3.63, 3.8) is 0 Å². The van der Waals surface area contributed by atoms with Crippen LogP contribution in [0.15, 0.2) is 24.5 Å². The van der Waals surface area contributed by atoms with Crippen LogP contribution < -0.4 is 25.4 Å². The van der Waals surface area contributed by atoms with Crippen LogP contribution in [-0.4, -0.2) is 79.4 Å². The fourth-order valence-electron chi connectivity index (χ4n) is 3.74. The molecule has 3 rings (SSSR count). The Balaban J connectivity index is 1.78. The molecule has 0 saturated carbocycles. The molecular weight excluding hydrogens is 412 g/mol. The zero-order valence-corrected chi connectivity index (χ0v) is 18.9. The van der Waals surface area contributed by atoms with E-state index in [1.54, 1.807) is 12.1 Å². The maximum atomic E-state index is 10.9. The number of ether oxygens (including phenoxy) is 2. The molecule has 1 atom stereocenters. The van der Waals surface area contributed by atoms with Crippen molar-refractivity contribution < 1.29 is 19.4 Å². The van der Waals surface area contributed by atoms with Gasteiger partial charge in [0, 0.05) is 36.3 Å². The Kier molecular flexibility index (Phi) is 8.46. The second-order valence-corrected chi connectivity index (χ2v) is 7.68. The number of aliphatic carboxylic acids is 1. The van der Waals surface area contributed by atoms with E-state index in [1.165, 1.54) is 6.33 Å². The van der Waals surface area contributed by atoms with E-state index in [1.807, 2.05) is 20.0 Å². The number of hydrogen-bond donors (Lipinski definition) is 4. The summed E-state index contributed by atoms with van der Waals surface area (Å²) in [7, 11) is 4.09. The molecule has 32 heavy (non-hydrogen) atoms. The molecule has 0 amide bonds. The van der Waals surface area contributed by atoms with Gasteiger partial charge >= 0.3 is 5.97 Å². The summed E-state index contributed by atoms with van der Waals surface area (Å²) < 4.78 is 11.0. The first-order chi connectivity index (χ1) is 15.5. The average Bonchev–Trinajstić information content (AvgIpc) is 3.17. The van der Waals surface area contributed by atoms with Gasteiger partial charge in [0.05, 0.1) is 6.61 Å². The maximum Gasteiger partial charge on any atom is 0.341 e. The molecule has 0 spiro atoms. The number of nitrogens with zero attached hydrogens (tertiary/aromatic N) is 3. The zero-order chi connectivity index (χ0) is 22.9. The Morgan fingerprint density at radius 2 is 2.16 bits per heavy atom. The molecule has 1 aliphatic rings. The Hall–Kier alpha value is -3.11. The number of carbonyl (C=O) groups is 1. The van der Waals surface area contributed by atoms with Crippen LogP contribution in [0.5, 0.6) is 11.5 Å². The number of carboxylic acid groups (broad SMARTS) is 1. The minimum absolute atomic E-state index is 0.249. The number of carboxylic acids is 1. The van der Waals surface area contributed by atoms with Gasteiger partial charge in [-0.3, -0.25) is 0 Å². The van der Waals surface area contributed by atoms with E-state index >= 15 is 0 Å². The van der Waals surface area contributed by atoms with Crippen molar-refractivity contribution in [1.82, 2.24) is 20.2 Å². The number of aromatic nitrogens is 2. The molecule has 0 bridgehead atoms. The molecule has 0 aliphatic carbocycles. The predicted octanol–water partition coefficient (Wildman–Crippen LogP) is 2.13. The number of likely N-dealkylation sites (N-methyl/N-ethyl adjacent to an activating group) is 1. The summed E-state index contributed by atoms with van der Waals surface area (Å²) >= 11 is 0. The first kappa shape index (κ1) is 23.6. The van der Waals surface area contributed by atoms with Gasteiger partial charge in [-0.05, 0) is 52.7 Å². The third-order valence-electron chi connectivity index (χ3n) is 5.16. The highest BCUT2D eigenvalue weighted by Crippen LogP contribution is 2.37. The van der Waals surface area contributed by atoms with E-state index in [0.29, 0.717) is 18.1 Å². The summed E-state index contributed by atoms with van der Waals surface area (Å²) in [4.78, 5) is 22.1. The highest BCUT2D eigenvalue weighted by atomic mass is 16.5. The first-order valence-corrected chi connectivity index (χ1v) is 10.8. The SMILES string of the molecule is CCOc1ccc(Nc2ncnc3c2C(CN(C)CCCNC)CN3)cc1OCC(=O)O. The lowest BCUT2D eigenvalue weighted by molar-refractivity contribution is -0.139. The summed E-state index contributed by atoms with van der Waals surface area (Å²) in [5.41, 5.74) is 1.78. The molecule has 4 N–H and O–H groups in total. The van der Waals surface area contributed by atoms with Crippen LogP contribution in [0.3, 0.4) is 0 Å². The van der Waals surface area contributed by atoms with Crippen LogP contribution in [0.2, 0.25) is 0 Å². The molecule has 1 aromatic carbocycles. The molecule has 1 aromatic heterocycles. The van der Waals surface area contributed by atoms with Crippen LogP contribution in [-0.2, 0) is 4.79 Å². The van der Waals surface area contributed by atoms with Crippen LogP contribution in [0, 0.1) is 0 Å². The van der Waals surface area contributed by atoms with Crippen LogP contribution in [0.1, 0.15) is 24.8 Å². The van der Waals surface area contributed by atoms with E-state index < -0.39 is 12.6 Å². The standard InChI is InChI=1S/C22H32N6O4/c1-4-31-17-7-6-16(10-18(17)32-13-19(29)30)27-22-20-15(11-24-21(20)25-14-26-22)12-28(3)9-5-8-23-2/h6-7,10,14-15,23H,4-5,8-9,11-13H2,1-3H3,(H,29,30)(H2,24,25,26,27). The lowest BCUT2D eigenvalue weighted by Gasteiger charge is -2.22. The predicted molar refractivity (Wildman–Crippen MR) is 123 cm³/mol.